The van der Waals surface area contributed by atoms with E-state index in [2.05, 4.69) is 9.97 Å². The number of nitrogens with one attached hydrogen (secondary N) is 1. The van der Waals surface area contributed by atoms with Crippen LogP contribution in [0.3, 0.4) is 0 Å². The molecule has 0 radical (unpaired) electrons. The zero-order chi connectivity index (χ0) is 12.9. The van der Waals surface area contributed by atoms with E-state index in [1.54, 1.807) is 0 Å². The number of H-pyrrole nitrogens is 1. The van der Waals surface area contributed by atoms with Gasteiger partial charge in [-0.05, 0) is 36.3 Å². The van der Waals surface area contributed by atoms with Crippen molar-refractivity contribution in [3.05, 3.63) is 33.2 Å². The molecule has 0 bridgehead atoms. The molecule has 4 heteroatoms. The number of pyridine rings is 2. The van der Waals surface area contributed by atoms with Crippen LogP contribution in [-0.2, 0) is 12.8 Å². The topological polar surface area (TPSA) is 71.8 Å². The van der Waals surface area contributed by atoms with Crippen molar-refractivity contribution in [2.45, 2.75) is 39.0 Å². The molecule has 0 atom stereocenters. The Labute approximate surface area is 105 Å². The Morgan fingerprint density at radius 3 is 2.89 bits per heavy atom. The Bertz CT molecular complexity index is 685. The van der Waals surface area contributed by atoms with E-state index in [0.717, 1.165) is 35.9 Å². The van der Waals surface area contributed by atoms with Crippen LogP contribution in [0.15, 0.2) is 11.0 Å². The van der Waals surface area contributed by atoms with Crippen LogP contribution < -0.4 is 11.3 Å². The van der Waals surface area contributed by atoms with Crippen LogP contribution in [0.4, 0.5) is 5.69 Å². The lowest BCUT2D eigenvalue weighted by Gasteiger charge is -2.13. The van der Waals surface area contributed by atoms with Crippen molar-refractivity contribution >= 4 is 16.7 Å². The number of aromatic nitrogens is 2. The number of nitrogen functional groups attached to an aromatic ring is 1. The van der Waals surface area contributed by atoms with Gasteiger partial charge in [-0.25, -0.2) is 0 Å². The maximum Gasteiger partial charge on any atom is 0.271 e. The molecule has 2 aromatic heterocycles. The first-order valence-electron chi connectivity index (χ1n) is 6.41. The number of aromatic amines is 1. The van der Waals surface area contributed by atoms with E-state index >= 15 is 0 Å². The summed E-state index contributed by atoms with van der Waals surface area (Å²) in [5.41, 5.74) is 11.2. The first kappa shape index (κ1) is 11.3. The Balaban J connectivity index is 2.47. The van der Waals surface area contributed by atoms with Gasteiger partial charge in [0.1, 0.15) is 5.69 Å². The van der Waals surface area contributed by atoms with Crippen molar-refractivity contribution in [3.63, 3.8) is 0 Å². The molecule has 0 saturated carbocycles. The number of aryl methyl sites for hydroxylation is 2. The number of hydrogen-bond acceptors (Lipinski definition) is 3. The Hall–Kier alpha value is -1.84. The lowest BCUT2D eigenvalue weighted by Crippen LogP contribution is -2.17. The minimum absolute atomic E-state index is 0.187. The standard InChI is InChI=1S/C14H17N3O/c1-7(2)10-11(15)14(18)17-12-9-5-3-4-8(9)6-16-13(10)12/h6-7H,3-5,15H2,1-2H3,(H,17,18). The lowest BCUT2D eigenvalue weighted by molar-refractivity contribution is 0.871. The predicted molar refractivity (Wildman–Crippen MR) is 72.9 cm³/mol. The Morgan fingerprint density at radius 2 is 2.17 bits per heavy atom. The van der Waals surface area contributed by atoms with E-state index in [1.165, 1.54) is 11.1 Å². The van der Waals surface area contributed by atoms with Crippen molar-refractivity contribution in [1.82, 2.24) is 9.97 Å². The van der Waals surface area contributed by atoms with Crippen molar-refractivity contribution in [2.24, 2.45) is 0 Å². The van der Waals surface area contributed by atoms with Crippen LogP contribution in [0.1, 0.15) is 42.9 Å². The summed E-state index contributed by atoms with van der Waals surface area (Å²) in [5, 5.41) is 0. The SMILES string of the molecule is CC(C)c1c(N)c(=O)[nH]c2c3c(cnc12)CCC3. The summed E-state index contributed by atoms with van der Waals surface area (Å²) in [5.74, 6) is 0.196. The van der Waals surface area contributed by atoms with Gasteiger partial charge in [0, 0.05) is 11.8 Å². The quantitative estimate of drug-likeness (QED) is 0.805. The fraction of sp³-hybridized carbons (Fsp3) is 0.429. The molecule has 0 unspecified atom stereocenters. The summed E-state index contributed by atoms with van der Waals surface area (Å²) in [6.45, 7) is 4.08. The third-order valence-corrected chi connectivity index (χ3v) is 3.75. The van der Waals surface area contributed by atoms with E-state index in [-0.39, 0.29) is 11.5 Å². The van der Waals surface area contributed by atoms with Gasteiger partial charge >= 0.3 is 0 Å². The van der Waals surface area contributed by atoms with Crippen LogP contribution in [0.5, 0.6) is 0 Å². The molecular formula is C14H17N3O. The molecule has 94 valence electrons. The van der Waals surface area contributed by atoms with Crippen LogP contribution in [0.25, 0.3) is 11.0 Å². The van der Waals surface area contributed by atoms with Gasteiger partial charge in [0.15, 0.2) is 0 Å². The summed E-state index contributed by atoms with van der Waals surface area (Å²) in [6, 6.07) is 0. The largest absolute Gasteiger partial charge is 0.394 e. The smallest absolute Gasteiger partial charge is 0.271 e. The van der Waals surface area contributed by atoms with Gasteiger partial charge in [-0.3, -0.25) is 9.78 Å². The summed E-state index contributed by atoms with van der Waals surface area (Å²) in [4.78, 5) is 19.4. The minimum Gasteiger partial charge on any atom is -0.394 e. The molecule has 4 nitrogen and oxygen atoms in total. The monoisotopic (exact) mass is 243 g/mol. The first-order chi connectivity index (χ1) is 8.59. The number of nitrogens with zero attached hydrogens (tertiary/aromatic N) is 1. The van der Waals surface area contributed by atoms with Crippen molar-refractivity contribution < 1.29 is 0 Å². The highest BCUT2D eigenvalue weighted by molar-refractivity contribution is 5.86. The Kier molecular flexibility index (Phi) is 2.40. The third kappa shape index (κ3) is 1.45. The van der Waals surface area contributed by atoms with Gasteiger partial charge in [-0.1, -0.05) is 13.8 Å². The molecule has 1 aliphatic rings. The number of anilines is 1. The maximum absolute atomic E-state index is 11.9. The van der Waals surface area contributed by atoms with Crippen molar-refractivity contribution in [3.8, 4) is 0 Å². The van der Waals surface area contributed by atoms with Crippen molar-refractivity contribution in [1.29, 1.82) is 0 Å². The average Bonchev–Trinajstić information content (AvgIpc) is 2.78. The van der Waals surface area contributed by atoms with Crippen LogP contribution in [0.2, 0.25) is 0 Å². The van der Waals surface area contributed by atoms with Gasteiger partial charge in [-0.2, -0.15) is 0 Å². The van der Waals surface area contributed by atoms with E-state index < -0.39 is 0 Å². The van der Waals surface area contributed by atoms with E-state index in [9.17, 15) is 4.79 Å². The number of hydrogen-bond donors (Lipinski definition) is 2. The van der Waals surface area contributed by atoms with Gasteiger partial charge in [0.25, 0.3) is 5.56 Å². The van der Waals surface area contributed by atoms with Crippen LogP contribution >= 0.6 is 0 Å². The molecule has 2 heterocycles. The summed E-state index contributed by atoms with van der Waals surface area (Å²) < 4.78 is 0. The molecule has 0 fully saturated rings. The van der Waals surface area contributed by atoms with Gasteiger partial charge < -0.3 is 10.7 Å². The van der Waals surface area contributed by atoms with Gasteiger partial charge in [0.2, 0.25) is 0 Å². The molecule has 3 rings (SSSR count). The number of rotatable bonds is 1. The molecule has 18 heavy (non-hydrogen) atoms. The molecule has 0 aliphatic heterocycles. The Morgan fingerprint density at radius 1 is 1.39 bits per heavy atom. The van der Waals surface area contributed by atoms with Gasteiger partial charge in [-0.15, -0.1) is 0 Å². The second kappa shape index (κ2) is 3.83. The van der Waals surface area contributed by atoms with Crippen molar-refractivity contribution in [2.75, 3.05) is 5.73 Å². The van der Waals surface area contributed by atoms with E-state index in [4.69, 9.17) is 5.73 Å². The number of nitrogens with two attached hydrogens (primary N) is 1. The lowest BCUT2D eigenvalue weighted by atomic mass is 9.98. The summed E-state index contributed by atoms with van der Waals surface area (Å²) in [7, 11) is 0. The molecule has 2 aromatic rings. The van der Waals surface area contributed by atoms with Crippen LogP contribution in [-0.4, -0.2) is 9.97 Å². The molecule has 0 aromatic carbocycles. The van der Waals surface area contributed by atoms with Crippen LogP contribution in [0, 0.1) is 0 Å². The third-order valence-electron chi connectivity index (χ3n) is 3.75. The highest BCUT2D eigenvalue weighted by Gasteiger charge is 2.20. The molecule has 1 aliphatic carbocycles. The predicted octanol–water partition coefficient (Wildman–Crippen LogP) is 2.12. The highest BCUT2D eigenvalue weighted by Crippen LogP contribution is 2.31. The maximum atomic E-state index is 11.9. The molecule has 0 spiro atoms. The van der Waals surface area contributed by atoms with E-state index in [1.807, 2.05) is 20.0 Å². The molecular weight excluding hydrogens is 226 g/mol. The molecule has 0 saturated heterocycles. The summed E-state index contributed by atoms with van der Waals surface area (Å²) in [6.07, 6.45) is 5.15. The van der Waals surface area contributed by atoms with E-state index in [0.29, 0.717) is 5.69 Å². The summed E-state index contributed by atoms with van der Waals surface area (Å²) >= 11 is 0. The second-order valence-corrected chi connectivity index (χ2v) is 5.28. The fourth-order valence-electron chi connectivity index (χ4n) is 2.90. The molecule has 3 N–H and O–H groups in total. The fourth-order valence-corrected chi connectivity index (χ4v) is 2.90. The normalized spacial score (nSPS) is 14.4. The zero-order valence-corrected chi connectivity index (χ0v) is 10.7. The van der Waals surface area contributed by atoms with Gasteiger partial charge in [0.05, 0.1) is 11.0 Å². The zero-order valence-electron chi connectivity index (χ0n) is 10.7. The minimum atomic E-state index is -0.187. The molecule has 0 amide bonds. The second-order valence-electron chi connectivity index (χ2n) is 5.28. The first-order valence-corrected chi connectivity index (χ1v) is 6.41. The highest BCUT2D eigenvalue weighted by atomic mass is 16.1. The average molecular weight is 243 g/mol. The number of fused-ring (bicyclic) bond motifs is 3.